The van der Waals surface area contributed by atoms with Crippen LogP contribution in [0.25, 0.3) is 11.1 Å². The van der Waals surface area contributed by atoms with Crippen LogP contribution in [0.4, 0.5) is 4.39 Å². The minimum atomic E-state index is -0.361. The molecular formula is C21H24ClF. The van der Waals surface area contributed by atoms with Crippen LogP contribution in [0, 0.1) is 17.7 Å². The number of hydrogen-bond acceptors (Lipinski definition) is 0. The molecule has 2 heteroatoms. The predicted molar refractivity (Wildman–Crippen MR) is 96.3 cm³/mol. The lowest BCUT2D eigenvalue weighted by Gasteiger charge is -2.26. The topological polar surface area (TPSA) is 0 Å². The third kappa shape index (κ3) is 4.35. The van der Waals surface area contributed by atoms with Crippen molar-refractivity contribution in [3.63, 3.8) is 0 Å². The standard InChI is InChI=1S/C21H24ClF/c1-15-2-4-16(5-3-15)6-7-17-8-10-18(11-9-17)19-12-13-20(22)21(23)14-19/h8-16H,2-7H2,1H3. The molecule has 3 rings (SSSR count). The van der Waals surface area contributed by atoms with Crippen molar-refractivity contribution in [1.29, 1.82) is 0 Å². The number of benzene rings is 2. The van der Waals surface area contributed by atoms with E-state index in [0.29, 0.717) is 0 Å². The van der Waals surface area contributed by atoms with Gasteiger partial charge in [-0.05, 0) is 53.5 Å². The Bertz CT molecular complexity index is 639. The summed E-state index contributed by atoms with van der Waals surface area (Å²) < 4.78 is 13.6. The molecule has 0 saturated heterocycles. The molecule has 0 unspecified atom stereocenters. The minimum absolute atomic E-state index is 0.173. The maximum atomic E-state index is 13.6. The first-order valence-electron chi connectivity index (χ1n) is 8.66. The van der Waals surface area contributed by atoms with Gasteiger partial charge < -0.3 is 0 Å². The second-order valence-electron chi connectivity index (χ2n) is 6.99. The van der Waals surface area contributed by atoms with Gasteiger partial charge in [-0.3, -0.25) is 0 Å². The Morgan fingerprint density at radius 2 is 1.61 bits per heavy atom. The van der Waals surface area contributed by atoms with Gasteiger partial charge in [-0.15, -0.1) is 0 Å². The lowest BCUT2D eigenvalue weighted by atomic mass is 9.80. The van der Waals surface area contributed by atoms with E-state index in [-0.39, 0.29) is 10.8 Å². The lowest BCUT2D eigenvalue weighted by Crippen LogP contribution is -2.12. The molecule has 0 atom stereocenters. The highest BCUT2D eigenvalue weighted by molar-refractivity contribution is 6.30. The minimum Gasteiger partial charge on any atom is -0.205 e. The van der Waals surface area contributed by atoms with E-state index in [1.54, 1.807) is 6.07 Å². The summed E-state index contributed by atoms with van der Waals surface area (Å²) in [5, 5.41) is 0.173. The Kier molecular flexibility index (Phi) is 5.38. The summed E-state index contributed by atoms with van der Waals surface area (Å²) in [5.74, 6) is 1.46. The Morgan fingerprint density at radius 3 is 2.26 bits per heavy atom. The second-order valence-corrected chi connectivity index (χ2v) is 7.40. The fourth-order valence-electron chi connectivity index (χ4n) is 3.53. The molecule has 1 fully saturated rings. The molecule has 0 amide bonds. The van der Waals surface area contributed by atoms with Crippen molar-refractivity contribution in [3.05, 3.63) is 58.9 Å². The molecular weight excluding hydrogens is 307 g/mol. The van der Waals surface area contributed by atoms with Gasteiger partial charge in [-0.25, -0.2) is 4.39 Å². The number of halogens is 2. The first-order valence-corrected chi connectivity index (χ1v) is 9.04. The molecule has 0 spiro atoms. The van der Waals surface area contributed by atoms with E-state index in [0.717, 1.165) is 29.4 Å². The second kappa shape index (κ2) is 7.49. The Hall–Kier alpha value is -1.34. The molecule has 2 aromatic rings. The van der Waals surface area contributed by atoms with Gasteiger partial charge >= 0.3 is 0 Å². The molecule has 1 saturated carbocycles. The summed E-state index contributed by atoms with van der Waals surface area (Å²) in [6.07, 6.45) is 8.01. The van der Waals surface area contributed by atoms with E-state index in [1.165, 1.54) is 43.7 Å². The van der Waals surface area contributed by atoms with E-state index in [2.05, 4.69) is 31.2 Å². The number of hydrogen-bond donors (Lipinski definition) is 0. The molecule has 1 aliphatic carbocycles. The first-order chi connectivity index (χ1) is 11.1. The average Bonchev–Trinajstić information content (AvgIpc) is 2.57. The molecule has 0 bridgehead atoms. The SMILES string of the molecule is CC1CCC(CCc2ccc(-c3ccc(Cl)c(F)c3)cc2)CC1. The molecule has 1 aliphatic rings. The lowest BCUT2D eigenvalue weighted by molar-refractivity contribution is 0.278. The highest BCUT2D eigenvalue weighted by atomic mass is 35.5. The van der Waals surface area contributed by atoms with Crippen LogP contribution in [0.1, 0.15) is 44.6 Å². The highest BCUT2D eigenvalue weighted by Crippen LogP contribution is 2.31. The largest absolute Gasteiger partial charge is 0.205 e. The van der Waals surface area contributed by atoms with Crippen LogP contribution in [0.3, 0.4) is 0 Å². The number of aryl methyl sites for hydroxylation is 1. The average molecular weight is 331 g/mol. The monoisotopic (exact) mass is 330 g/mol. The van der Waals surface area contributed by atoms with Gasteiger partial charge in [0.05, 0.1) is 5.02 Å². The fraction of sp³-hybridized carbons (Fsp3) is 0.429. The predicted octanol–water partition coefficient (Wildman–Crippen LogP) is 6.91. The van der Waals surface area contributed by atoms with Crippen LogP contribution in [-0.2, 0) is 6.42 Å². The van der Waals surface area contributed by atoms with Crippen LogP contribution >= 0.6 is 11.6 Å². The van der Waals surface area contributed by atoms with Gasteiger partial charge in [0.25, 0.3) is 0 Å². The molecule has 0 heterocycles. The van der Waals surface area contributed by atoms with Gasteiger partial charge in [-0.1, -0.05) is 74.5 Å². The Morgan fingerprint density at radius 1 is 0.957 bits per heavy atom. The van der Waals surface area contributed by atoms with Gasteiger partial charge in [0, 0.05) is 0 Å². The van der Waals surface area contributed by atoms with Gasteiger partial charge in [0.15, 0.2) is 0 Å². The maximum absolute atomic E-state index is 13.6. The zero-order valence-electron chi connectivity index (χ0n) is 13.7. The van der Waals surface area contributed by atoms with Crippen molar-refractivity contribution in [2.75, 3.05) is 0 Å². The molecule has 0 radical (unpaired) electrons. The summed E-state index contributed by atoms with van der Waals surface area (Å²) in [7, 11) is 0. The quantitative estimate of drug-likeness (QED) is 0.571. The van der Waals surface area contributed by atoms with Crippen LogP contribution in [0.2, 0.25) is 5.02 Å². The van der Waals surface area contributed by atoms with Crippen LogP contribution in [0.15, 0.2) is 42.5 Å². The first kappa shape index (κ1) is 16.5. The molecule has 0 nitrogen and oxygen atoms in total. The van der Waals surface area contributed by atoms with Crippen LogP contribution in [0.5, 0.6) is 0 Å². The third-order valence-corrected chi connectivity index (χ3v) is 5.49. The Balaban J connectivity index is 1.59. The highest BCUT2D eigenvalue weighted by Gasteiger charge is 2.17. The molecule has 122 valence electrons. The van der Waals surface area contributed by atoms with E-state index < -0.39 is 0 Å². The summed E-state index contributed by atoms with van der Waals surface area (Å²) in [6.45, 7) is 2.37. The van der Waals surface area contributed by atoms with Crippen molar-refractivity contribution in [3.8, 4) is 11.1 Å². The molecule has 2 aromatic carbocycles. The van der Waals surface area contributed by atoms with Crippen molar-refractivity contribution in [1.82, 2.24) is 0 Å². The zero-order valence-corrected chi connectivity index (χ0v) is 14.5. The molecule has 0 aliphatic heterocycles. The summed E-state index contributed by atoms with van der Waals surface area (Å²) in [6, 6.07) is 13.5. The van der Waals surface area contributed by atoms with E-state index in [9.17, 15) is 4.39 Å². The smallest absolute Gasteiger partial charge is 0.142 e. The van der Waals surface area contributed by atoms with Crippen molar-refractivity contribution < 1.29 is 4.39 Å². The van der Waals surface area contributed by atoms with Crippen molar-refractivity contribution in [2.45, 2.75) is 45.4 Å². The molecule has 0 aromatic heterocycles. The molecule has 0 N–H and O–H groups in total. The van der Waals surface area contributed by atoms with Gasteiger partial charge in [0.1, 0.15) is 5.82 Å². The van der Waals surface area contributed by atoms with Gasteiger partial charge in [-0.2, -0.15) is 0 Å². The summed E-state index contributed by atoms with van der Waals surface area (Å²) in [4.78, 5) is 0. The van der Waals surface area contributed by atoms with Crippen molar-refractivity contribution in [2.24, 2.45) is 11.8 Å². The van der Waals surface area contributed by atoms with Gasteiger partial charge in [0.2, 0.25) is 0 Å². The fourth-order valence-corrected chi connectivity index (χ4v) is 3.65. The summed E-state index contributed by atoms with van der Waals surface area (Å²) >= 11 is 5.74. The molecule has 23 heavy (non-hydrogen) atoms. The van der Waals surface area contributed by atoms with E-state index in [1.807, 2.05) is 6.07 Å². The van der Waals surface area contributed by atoms with Crippen LogP contribution in [-0.4, -0.2) is 0 Å². The van der Waals surface area contributed by atoms with E-state index in [4.69, 9.17) is 11.6 Å². The Labute approximate surface area is 143 Å². The summed E-state index contributed by atoms with van der Waals surface area (Å²) in [5.41, 5.74) is 3.29. The van der Waals surface area contributed by atoms with Crippen molar-refractivity contribution >= 4 is 11.6 Å². The zero-order chi connectivity index (χ0) is 16.2. The normalized spacial score (nSPS) is 21.3. The van der Waals surface area contributed by atoms with Crippen LogP contribution < -0.4 is 0 Å². The van der Waals surface area contributed by atoms with E-state index >= 15 is 0 Å². The number of rotatable bonds is 4. The maximum Gasteiger partial charge on any atom is 0.142 e. The third-order valence-electron chi connectivity index (χ3n) is 5.18.